The molecule has 0 aliphatic carbocycles. The second-order valence-corrected chi connectivity index (χ2v) is 10.8. The maximum Gasteiger partial charge on any atom is 0.264 e. The normalized spacial score (nSPS) is 19.9. The van der Waals surface area contributed by atoms with Crippen molar-refractivity contribution in [2.45, 2.75) is 70.8 Å². The van der Waals surface area contributed by atoms with Crippen LogP contribution in [0.15, 0.2) is 43.0 Å². The van der Waals surface area contributed by atoms with Gasteiger partial charge in [0, 0.05) is 37.2 Å². The molecule has 3 saturated heterocycles. The molecule has 3 aliphatic heterocycles. The maximum atomic E-state index is 13.1. The van der Waals surface area contributed by atoms with Crippen LogP contribution in [0.2, 0.25) is 0 Å². The Kier molecular flexibility index (Phi) is 9.59. The van der Waals surface area contributed by atoms with Crippen LogP contribution in [0.5, 0.6) is 0 Å². The maximum absolute atomic E-state index is 13.1. The Bertz CT molecular complexity index is 947. The fourth-order valence-electron chi connectivity index (χ4n) is 5.69. The fourth-order valence-corrected chi connectivity index (χ4v) is 6.86. The van der Waals surface area contributed by atoms with Gasteiger partial charge in [-0.3, -0.25) is 4.79 Å². The van der Waals surface area contributed by atoms with E-state index in [-0.39, 0.29) is 5.91 Å². The van der Waals surface area contributed by atoms with Crippen molar-refractivity contribution < 1.29 is 9.53 Å². The first kappa shape index (κ1) is 26.1. The van der Waals surface area contributed by atoms with E-state index in [1.165, 1.54) is 54.8 Å². The van der Waals surface area contributed by atoms with Gasteiger partial charge in [0.15, 0.2) is 0 Å². The molecule has 0 spiro atoms. The highest BCUT2D eigenvalue weighted by Gasteiger charge is 2.27. The highest BCUT2D eigenvalue weighted by molar-refractivity contribution is 7.17. The van der Waals surface area contributed by atoms with Gasteiger partial charge in [-0.1, -0.05) is 44.2 Å². The number of benzene rings is 1. The van der Waals surface area contributed by atoms with Crippen molar-refractivity contribution in [3.63, 3.8) is 0 Å². The first-order chi connectivity index (χ1) is 17.2. The molecule has 0 bridgehead atoms. The Morgan fingerprint density at radius 2 is 1.69 bits per heavy atom. The molecule has 2 aromatic rings. The summed E-state index contributed by atoms with van der Waals surface area (Å²) in [7, 11) is 0. The van der Waals surface area contributed by atoms with Gasteiger partial charge in [-0.2, -0.15) is 0 Å². The molecular formula is C30H42N2O2S. The molecule has 3 aliphatic rings. The lowest BCUT2D eigenvalue weighted by Gasteiger charge is -2.39. The third-order valence-electron chi connectivity index (χ3n) is 7.66. The molecule has 1 aromatic carbocycles. The fraction of sp³-hybridized carbons (Fsp3) is 0.567. The van der Waals surface area contributed by atoms with E-state index in [0.29, 0.717) is 5.92 Å². The second-order valence-electron chi connectivity index (χ2n) is 9.73. The molecule has 4 heterocycles. The Balaban J connectivity index is 0.00000141. The van der Waals surface area contributed by atoms with Gasteiger partial charge in [-0.15, -0.1) is 17.9 Å². The molecule has 1 amide bonds. The third kappa shape index (κ3) is 6.25. The van der Waals surface area contributed by atoms with Gasteiger partial charge in [0.1, 0.15) is 0 Å². The average Bonchev–Trinajstić information content (AvgIpc) is 3.62. The van der Waals surface area contributed by atoms with Gasteiger partial charge in [0.25, 0.3) is 5.91 Å². The topological polar surface area (TPSA) is 32.8 Å². The standard InChI is InChI=1S/C28H36N2O2S.C2H6/c1-2-5-24-20-26(33-27(24)28(31)30-14-3-4-15-30)23-8-6-21(7-9-23)22-10-16-29(17-11-22)25-12-18-32-19-13-25;1-2/h2,6-9,20,22,25H,1,3-5,10-19H2;1-2H3. The van der Waals surface area contributed by atoms with E-state index < -0.39 is 0 Å². The van der Waals surface area contributed by atoms with Gasteiger partial charge in [-0.05, 0) is 86.7 Å². The van der Waals surface area contributed by atoms with Gasteiger partial charge in [0.2, 0.25) is 0 Å². The van der Waals surface area contributed by atoms with Crippen LogP contribution >= 0.6 is 11.3 Å². The van der Waals surface area contributed by atoms with Crippen LogP contribution in [-0.2, 0) is 11.2 Å². The number of carbonyl (C=O) groups excluding carboxylic acids is 1. The summed E-state index contributed by atoms with van der Waals surface area (Å²) in [5.74, 6) is 0.857. The molecule has 0 saturated carbocycles. The van der Waals surface area contributed by atoms with Crippen molar-refractivity contribution in [2.75, 3.05) is 39.4 Å². The lowest BCUT2D eigenvalue weighted by molar-refractivity contribution is 0.0252. The van der Waals surface area contributed by atoms with Crippen molar-refractivity contribution in [3.8, 4) is 10.4 Å². The van der Waals surface area contributed by atoms with Gasteiger partial charge in [-0.25, -0.2) is 0 Å². The largest absolute Gasteiger partial charge is 0.381 e. The number of allylic oxidation sites excluding steroid dienone is 1. The monoisotopic (exact) mass is 494 g/mol. The molecule has 1 aromatic heterocycles. The van der Waals surface area contributed by atoms with Crippen LogP contribution in [0.1, 0.15) is 79.1 Å². The van der Waals surface area contributed by atoms with Crippen LogP contribution < -0.4 is 0 Å². The van der Waals surface area contributed by atoms with E-state index in [4.69, 9.17) is 4.74 Å². The predicted molar refractivity (Wildman–Crippen MR) is 148 cm³/mol. The first-order valence-electron chi connectivity index (χ1n) is 13.7. The van der Waals surface area contributed by atoms with Gasteiger partial charge in [0.05, 0.1) is 4.88 Å². The van der Waals surface area contributed by atoms with Crippen LogP contribution in [0.25, 0.3) is 10.4 Å². The van der Waals surface area contributed by atoms with E-state index in [9.17, 15) is 4.79 Å². The SMILES string of the molecule is C=CCc1cc(-c2ccc(C3CCN(C4CCOCC4)CC3)cc2)sc1C(=O)N1CCCC1.CC. The van der Waals surface area contributed by atoms with Crippen LogP contribution in [0, 0.1) is 0 Å². The number of hydrogen-bond donors (Lipinski definition) is 0. The van der Waals surface area contributed by atoms with Gasteiger partial charge < -0.3 is 14.5 Å². The molecule has 0 unspecified atom stereocenters. The molecule has 3 fully saturated rings. The summed E-state index contributed by atoms with van der Waals surface area (Å²) in [5.41, 5.74) is 3.79. The number of hydrogen-bond acceptors (Lipinski definition) is 4. The van der Waals surface area contributed by atoms with E-state index in [2.05, 4.69) is 41.8 Å². The van der Waals surface area contributed by atoms with Crippen molar-refractivity contribution in [1.29, 1.82) is 0 Å². The number of carbonyl (C=O) groups is 1. The Hall–Kier alpha value is -1.95. The third-order valence-corrected chi connectivity index (χ3v) is 8.88. The minimum atomic E-state index is 0.202. The number of likely N-dealkylation sites (tertiary alicyclic amines) is 2. The summed E-state index contributed by atoms with van der Waals surface area (Å²) in [4.78, 5) is 19.9. The van der Waals surface area contributed by atoms with Crippen LogP contribution in [-0.4, -0.2) is 61.1 Å². The zero-order chi connectivity index (χ0) is 24.6. The highest BCUT2D eigenvalue weighted by Crippen LogP contribution is 2.36. The quantitative estimate of drug-likeness (QED) is 0.416. The number of rotatable bonds is 6. The number of nitrogens with zero attached hydrogens (tertiary/aromatic N) is 2. The predicted octanol–water partition coefficient (Wildman–Crippen LogP) is 6.76. The molecule has 0 radical (unpaired) electrons. The smallest absolute Gasteiger partial charge is 0.264 e. The summed E-state index contributed by atoms with van der Waals surface area (Å²) in [6, 6.07) is 12.1. The molecule has 0 N–H and O–H groups in total. The first-order valence-corrected chi connectivity index (χ1v) is 14.5. The number of piperidine rings is 1. The van der Waals surface area contributed by atoms with Crippen LogP contribution in [0.3, 0.4) is 0 Å². The molecule has 5 rings (SSSR count). The molecule has 4 nitrogen and oxygen atoms in total. The van der Waals surface area contributed by atoms with Crippen molar-refractivity contribution in [1.82, 2.24) is 9.80 Å². The zero-order valence-electron chi connectivity index (χ0n) is 21.6. The molecule has 190 valence electrons. The molecule has 35 heavy (non-hydrogen) atoms. The van der Waals surface area contributed by atoms with Crippen LogP contribution in [0.4, 0.5) is 0 Å². The number of ether oxygens (including phenoxy) is 1. The Morgan fingerprint density at radius 1 is 1.03 bits per heavy atom. The highest BCUT2D eigenvalue weighted by atomic mass is 32.1. The summed E-state index contributed by atoms with van der Waals surface area (Å²) in [5, 5.41) is 0. The number of thiophene rings is 1. The van der Waals surface area contributed by atoms with E-state index in [1.54, 1.807) is 11.3 Å². The van der Waals surface area contributed by atoms with E-state index >= 15 is 0 Å². The van der Waals surface area contributed by atoms with E-state index in [0.717, 1.165) is 62.0 Å². The summed E-state index contributed by atoms with van der Waals surface area (Å²) >= 11 is 1.65. The van der Waals surface area contributed by atoms with Crippen molar-refractivity contribution in [3.05, 3.63) is 59.0 Å². The Labute approximate surface area is 216 Å². The Morgan fingerprint density at radius 3 is 2.31 bits per heavy atom. The average molecular weight is 495 g/mol. The molecule has 5 heteroatoms. The lowest BCUT2D eigenvalue weighted by Crippen LogP contribution is -2.43. The van der Waals surface area contributed by atoms with Crippen molar-refractivity contribution in [2.24, 2.45) is 0 Å². The minimum absolute atomic E-state index is 0.202. The molecule has 0 atom stereocenters. The molecular weight excluding hydrogens is 452 g/mol. The summed E-state index contributed by atoms with van der Waals surface area (Å²) in [6.07, 6.45) is 9.76. The van der Waals surface area contributed by atoms with Gasteiger partial charge >= 0.3 is 0 Å². The summed E-state index contributed by atoms with van der Waals surface area (Å²) in [6.45, 7) is 13.9. The lowest BCUT2D eigenvalue weighted by atomic mass is 9.88. The second kappa shape index (κ2) is 12.8. The number of amides is 1. The zero-order valence-corrected chi connectivity index (χ0v) is 22.5. The van der Waals surface area contributed by atoms with Crippen molar-refractivity contribution >= 4 is 17.2 Å². The minimum Gasteiger partial charge on any atom is -0.381 e. The summed E-state index contributed by atoms with van der Waals surface area (Å²) < 4.78 is 5.54. The van der Waals surface area contributed by atoms with E-state index in [1.807, 2.05) is 24.8 Å².